The first kappa shape index (κ1) is 51.7. The van der Waals surface area contributed by atoms with Crippen LogP contribution in [0.4, 0.5) is 0 Å². The molecule has 0 aliphatic rings. The third kappa shape index (κ3) is 24.8. The molecule has 0 heterocycles. The minimum Gasteiger partial charge on any atom is 0 e. The summed E-state index contributed by atoms with van der Waals surface area (Å²) in [5.74, 6) is 0. The fourth-order valence-corrected chi connectivity index (χ4v) is 0. The predicted octanol–water partition coefficient (Wildman–Crippen LogP) is -1.20. The fourth-order valence-electron chi connectivity index (χ4n) is 0. The second-order valence-corrected chi connectivity index (χ2v) is 0. The van der Waals surface area contributed by atoms with Gasteiger partial charge in [0.05, 0.1) is 0 Å². The summed E-state index contributed by atoms with van der Waals surface area (Å²) in [6, 6.07) is 0. The van der Waals surface area contributed by atoms with Crippen LogP contribution < -0.4 is 0 Å². The van der Waals surface area contributed by atoms with Gasteiger partial charge in [-0.2, -0.15) is 0 Å². The van der Waals surface area contributed by atoms with Gasteiger partial charge in [-0.05, 0) is 0 Å². The minimum absolute atomic E-state index is 0. The van der Waals surface area contributed by atoms with E-state index in [-0.39, 0.29) is 121 Å². The molecule has 0 aliphatic carbocycles. The van der Waals surface area contributed by atoms with E-state index in [2.05, 4.69) is 0 Å². The zero-order valence-corrected chi connectivity index (χ0v) is 10.2. The van der Waals surface area contributed by atoms with Gasteiger partial charge in [0.1, 0.15) is 0 Å². The first-order valence-electron chi connectivity index (χ1n) is 0. The van der Waals surface area contributed by atoms with Gasteiger partial charge in [-0.1, -0.05) is 0 Å². The van der Waals surface area contributed by atoms with E-state index < -0.39 is 0 Å². The van der Waals surface area contributed by atoms with E-state index in [9.17, 15) is 0 Å². The molecular weight excluding hydrogens is 381 g/mol. The van der Waals surface area contributed by atoms with Gasteiger partial charge >= 0.3 is 0 Å². The van der Waals surface area contributed by atoms with Crippen molar-refractivity contribution in [3.8, 4) is 0 Å². The normalized spacial score (nSPS) is 0. The van der Waals surface area contributed by atoms with Crippen LogP contribution in [-0.2, 0) is 104 Å². The number of rotatable bonds is 0. The average molecular weight is 384 g/mol. The SMILES string of the molecule is [AlH3].[Cu].[Nb].[Ni].[Ti].[Zr]. The maximum atomic E-state index is 0. The van der Waals surface area contributed by atoms with Crippen LogP contribution in [0.2, 0.25) is 0 Å². The molecule has 0 fully saturated rings. The van der Waals surface area contributed by atoms with E-state index in [1.165, 1.54) is 0 Å². The third-order valence-electron chi connectivity index (χ3n) is 0. The molecular formula is H3AlCuNbNiTiZr. The van der Waals surface area contributed by atoms with Crippen LogP contribution in [0, 0.1) is 0 Å². The molecule has 0 unspecified atom stereocenters. The summed E-state index contributed by atoms with van der Waals surface area (Å²) in [5, 5.41) is 0. The Morgan fingerprint density at radius 2 is 1.00 bits per heavy atom. The number of hydrogen-bond donors (Lipinski definition) is 0. The molecule has 0 aromatic carbocycles. The monoisotopic (exact) mass is 382 g/mol. The van der Waals surface area contributed by atoms with Gasteiger partial charge in [-0.25, -0.2) is 0 Å². The van der Waals surface area contributed by atoms with Crippen molar-refractivity contribution in [1.82, 2.24) is 0 Å². The van der Waals surface area contributed by atoms with Crippen molar-refractivity contribution in [2.45, 2.75) is 0 Å². The molecule has 0 nitrogen and oxygen atoms in total. The molecule has 2 radical (unpaired) electrons. The summed E-state index contributed by atoms with van der Waals surface area (Å²) in [5.41, 5.74) is 0. The van der Waals surface area contributed by atoms with Crippen LogP contribution >= 0.6 is 0 Å². The molecule has 0 N–H and O–H groups in total. The maximum Gasteiger partial charge on any atom is 0.187 e. The predicted molar refractivity (Wildman–Crippen MR) is 9.94 cm³/mol. The zero-order valence-electron chi connectivity index (χ0n) is 2.06. The van der Waals surface area contributed by atoms with Crippen LogP contribution in [0.25, 0.3) is 0 Å². The average Bonchev–Trinajstić information content (AvgIpc) is 0. The summed E-state index contributed by atoms with van der Waals surface area (Å²) < 4.78 is 0. The fraction of sp³-hybridized carbons (Fsp3) is 0. The summed E-state index contributed by atoms with van der Waals surface area (Å²) in [7, 11) is 0. The van der Waals surface area contributed by atoms with Crippen molar-refractivity contribution in [3.05, 3.63) is 0 Å². The van der Waals surface area contributed by atoms with Crippen molar-refractivity contribution in [2.24, 2.45) is 0 Å². The summed E-state index contributed by atoms with van der Waals surface area (Å²) in [4.78, 5) is 0. The molecule has 0 bridgehead atoms. The topological polar surface area (TPSA) is 0 Å². The molecule has 0 aliphatic heterocycles. The van der Waals surface area contributed by atoms with Gasteiger partial charge < -0.3 is 0 Å². The van der Waals surface area contributed by atoms with Gasteiger partial charge in [0.2, 0.25) is 0 Å². The van der Waals surface area contributed by atoms with Gasteiger partial charge in [0.15, 0.2) is 17.4 Å². The Hall–Kier alpha value is 3.88. The van der Waals surface area contributed by atoms with Crippen LogP contribution in [0.3, 0.4) is 0 Å². The first-order valence-corrected chi connectivity index (χ1v) is 0. The molecule has 0 saturated heterocycles. The second-order valence-electron chi connectivity index (χ2n) is 0. The van der Waals surface area contributed by atoms with Gasteiger partial charge in [-0.3, -0.25) is 0 Å². The van der Waals surface area contributed by atoms with Crippen LogP contribution in [0.5, 0.6) is 0 Å². The summed E-state index contributed by atoms with van der Waals surface area (Å²) in [6.07, 6.45) is 0. The molecule has 0 saturated carbocycles. The second kappa shape index (κ2) is 36.6. The Morgan fingerprint density at radius 1 is 1.00 bits per heavy atom. The molecule has 0 atom stereocenters. The smallest absolute Gasteiger partial charge is 0 e. The van der Waals surface area contributed by atoms with Crippen LogP contribution in [0.1, 0.15) is 0 Å². The van der Waals surface area contributed by atoms with Crippen molar-refractivity contribution < 1.29 is 104 Å². The minimum atomic E-state index is 0. The molecule has 0 spiro atoms. The quantitative estimate of drug-likeness (QED) is 0.461. The van der Waals surface area contributed by atoms with Gasteiger partial charge in [-0.15, -0.1) is 0 Å². The summed E-state index contributed by atoms with van der Waals surface area (Å²) in [6.45, 7) is 0. The molecule has 6 heteroatoms. The number of hydrogen-bond acceptors (Lipinski definition) is 0. The van der Waals surface area contributed by atoms with E-state index in [4.69, 9.17) is 0 Å². The van der Waals surface area contributed by atoms with Crippen LogP contribution in [-0.4, -0.2) is 17.4 Å². The van der Waals surface area contributed by atoms with Crippen molar-refractivity contribution >= 4 is 17.4 Å². The summed E-state index contributed by atoms with van der Waals surface area (Å²) >= 11 is 0. The third-order valence-corrected chi connectivity index (χ3v) is 0. The van der Waals surface area contributed by atoms with E-state index >= 15 is 0 Å². The van der Waals surface area contributed by atoms with Gasteiger partial charge in [0, 0.05) is 104 Å². The molecule has 0 aromatic heterocycles. The molecule has 0 aromatic rings. The van der Waals surface area contributed by atoms with Crippen molar-refractivity contribution in [3.63, 3.8) is 0 Å². The molecule has 6 heavy (non-hydrogen) atoms. The maximum absolute atomic E-state index is 0. The van der Waals surface area contributed by atoms with Crippen LogP contribution in [0.15, 0.2) is 0 Å². The first-order chi connectivity index (χ1) is 0. The zero-order chi connectivity index (χ0) is 0. The van der Waals surface area contributed by atoms with Gasteiger partial charge in [0.25, 0.3) is 0 Å². The molecule has 40 valence electrons. The largest absolute Gasteiger partial charge is 0.187 e. The Labute approximate surface area is 119 Å². The van der Waals surface area contributed by atoms with E-state index in [1.54, 1.807) is 0 Å². The Balaban J connectivity index is 0. The van der Waals surface area contributed by atoms with E-state index in [0.717, 1.165) is 0 Å². The van der Waals surface area contributed by atoms with Crippen molar-refractivity contribution in [2.75, 3.05) is 0 Å². The Bertz CT molecular complexity index is 15.5. The van der Waals surface area contributed by atoms with E-state index in [1.807, 2.05) is 0 Å². The molecule has 0 rings (SSSR count). The van der Waals surface area contributed by atoms with E-state index in [0.29, 0.717) is 0 Å². The standard InChI is InChI=1S/Al.Cu.Nb.Ni.Ti.Zr.3H. The Morgan fingerprint density at radius 3 is 1.00 bits per heavy atom. The van der Waals surface area contributed by atoms with Crippen molar-refractivity contribution in [1.29, 1.82) is 0 Å². The molecule has 0 amide bonds. The Kier molecular flexibility index (Phi) is 316.